The highest BCUT2D eigenvalue weighted by molar-refractivity contribution is 5.26. The van der Waals surface area contributed by atoms with E-state index in [4.69, 9.17) is 4.74 Å². The fourth-order valence-electron chi connectivity index (χ4n) is 3.23. The summed E-state index contributed by atoms with van der Waals surface area (Å²) in [5.74, 6) is 1.07. The van der Waals surface area contributed by atoms with E-state index in [2.05, 4.69) is 25.8 Å². The predicted molar refractivity (Wildman–Crippen MR) is 80.7 cm³/mol. The molecular formula is C17H27NO2. The van der Waals surface area contributed by atoms with E-state index in [9.17, 15) is 5.11 Å². The maximum absolute atomic E-state index is 10.7. The van der Waals surface area contributed by atoms with Crippen LogP contribution in [-0.4, -0.2) is 16.7 Å². The summed E-state index contributed by atoms with van der Waals surface area (Å²) in [6.07, 6.45) is 8.79. The third kappa shape index (κ3) is 3.51. The lowest BCUT2D eigenvalue weighted by atomic mass is 9.66. The van der Waals surface area contributed by atoms with Crippen molar-refractivity contribution in [2.24, 2.45) is 11.3 Å². The number of rotatable bonds is 5. The molecule has 0 aliphatic heterocycles. The molecule has 1 fully saturated rings. The molecule has 0 amide bonds. The quantitative estimate of drug-likeness (QED) is 0.880. The Bertz CT molecular complexity index is 431. The van der Waals surface area contributed by atoms with Crippen molar-refractivity contribution in [3.63, 3.8) is 0 Å². The van der Waals surface area contributed by atoms with E-state index in [0.29, 0.717) is 12.5 Å². The Morgan fingerprint density at radius 1 is 1.40 bits per heavy atom. The van der Waals surface area contributed by atoms with Crippen LogP contribution in [0.4, 0.5) is 0 Å². The van der Waals surface area contributed by atoms with Gasteiger partial charge in [0.1, 0.15) is 5.75 Å². The van der Waals surface area contributed by atoms with Crippen LogP contribution in [0.3, 0.4) is 0 Å². The Kier molecular flexibility index (Phi) is 5.03. The van der Waals surface area contributed by atoms with Crippen molar-refractivity contribution in [2.45, 2.75) is 59.0 Å². The predicted octanol–water partition coefficient (Wildman–Crippen LogP) is 4.12. The van der Waals surface area contributed by atoms with Gasteiger partial charge in [-0.25, -0.2) is 0 Å². The number of hydrogen-bond donors (Lipinski definition) is 1. The SMILES string of the molecule is CCCOc1cncc(C(O)C2CCCCC2(C)C)c1. The smallest absolute Gasteiger partial charge is 0.137 e. The van der Waals surface area contributed by atoms with Crippen LogP contribution >= 0.6 is 0 Å². The van der Waals surface area contributed by atoms with Crippen LogP contribution in [0, 0.1) is 11.3 Å². The Morgan fingerprint density at radius 3 is 2.90 bits per heavy atom. The van der Waals surface area contributed by atoms with E-state index in [-0.39, 0.29) is 5.41 Å². The van der Waals surface area contributed by atoms with Crippen LogP contribution < -0.4 is 4.74 Å². The highest BCUT2D eigenvalue weighted by Crippen LogP contribution is 2.46. The van der Waals surface area contributed by atoms with Crippen LogP contribution in [0.15, 0.2) is 18.5 Å². The largest absolute Gasteiger partial charge is 0.492 e. The fraction of sp³-hybridized carbons (Fsp3) is 0.706. The van der Waals surface area contributed by atoms with E-state index < -0.39 is 6.10 Å². The molecule has 0 spiro atoms. The molecule has 0 bridgehead atoms. The van der Waals surface area contributed by atoms with Gasteiger partial charge in [-0.3, -0.25) is 4.98 Å². The van der Waals surface area contributed by atoms with E-state index in [1.807, 2.05) is 6.07 Å². The number of hydrogen-bond acceptors (Lipinski definition) is 3. The topological polar surface area (TPSA) is 42.4 Å². The van der Waals surface area contributed by atoms with Gasteiger partial charge in [0.25, 0.3) is 0 Å². The van der Waals surface area contributed by atoms with Gasteiger partial charge < -0.3 is 9.84 Å². The summed E-state index contributed by atoms with van der Waals surface area (Å²) >= 11 is 0. The van der Waals surface area contributed by atoms with Crippen molar-refractivity contribution in [3.05, 3.63) is 24.0 Å². The third-order valence-electron chi connectivity index (χ3n) is 4.52. The molecule has 20 heavy (non-hydrogen) atoms. The number of ether oxygens (including phenoxy) is 1. The van der Waals surface area contributed by atoms with Crippen LogP contribution in [0.1, 0.15) is 64.5 Å². The van der Waals surface area contributed by atoms with Gasteiger partial charge in [-0.05, 0) is 36.7 Å². The fourth-order valence-corrected chi connectivity index (χ4v) is 3.23. The zero-order chi connectivity index (χ0) is 14.6. The highest BCUT2D eigenvalue weighted by Gasteiger charge is 2.37. The Labute approximate surface area is 122 Å². The molecule has 1 aliphatic rings. The first kappa shape index (κ1) is 15.3. The number of pyridine rings is 1. The van der Waals surface area contributed by atoms with E-state index in [1.54, 1.807) is 12.4 Å². The molecule has 0 aromatic carbocycles. The van der Waals surface area contributed by atoms with Gasteiger partial charge in [0.05, 0.1) is 18.9 Å². The lowest BCUT2D eigenvalue weighted by Crippen LogP contribution is -2.32. The Morgan fingerprint density at radius 2 is 2.20 bits per heavy atom. The summed E-state index contributed by atoms with van der Waals surface area (Å²) in [6.45, 7) is 7.31. The van der Waals surface area contributed by atoms with Gasteiger partial charge in [-0.15, -0.1) is 0 Å². The summed E-state index contributed by atoms with van der Waals surface area (Å²) in [4.78, 5) is 4.22. The average molecular weight is 277 g/mol. The minimum Gasteiger partial charge on any atom is -0.492 e. The van der Waals surface area contributed by atoms with Crippen LogP contribution in [-0.2, 0) is 0 Å². The first-order valence-corrected chi connectivity index (χ1v) is 7.80. The van der Waals surface area contributed by atoms with E-state index >= 15 is 0 Å². The average Bonchev–Trinajstić information content (AvgIpc) is 2.44. The van der Waals surface area contributed by atoms with Gasteiger partial charge in [0, 0.05) is 11.8 Å². The number of nitrogens with zero attached hydrogens (tertiary/aromatic N) is 1. The second-order valence-electron chi connectivity index (χ2n) is 6.59. The highest BCUT2D eigenvalue weighted by atomic mass is 16.5. The Hall–Kier alpha value is -1.09. The number of aliphatic hydroxyl groups is 1. The van der Waals surface area contributed by atoms with E-state index in [1.165, 1.54) is 19.3 Å². The zero-order valence-electron chi connectivity index (χ0n) is 12.9. The van der Waals surface area contributed by atoms with E-state index in [0.717, 1.165) is 24.2 Å². The van der Waals surface area contributed by atoms with Gasteiger partial charge in [-0.1, -0.05) is 33.6 Å². The lowest BCUT2D eigenvalue weighted by molar-refractivity contribution is 0.00354. The molecule has 112 valence electrons. The molecule has 3 heteroatoms. The molecule has 2 atom stereocenters. The molecule has 0 saturated heterocycles. The van der Waals surface area contributed by atoms with Crippen molar-refractivity contribution in [3.8, 4) is 5.75 Å². The molecular weight excluding hydrogens is 250 g/mol. The molecule has 1 saturated carbocycles. The summed E-state index contributed by atoms with van der Waals surface area (Å²) in [7, 11) is 0. The molecule has 1 aliphatic carbocycles. The second-order valence-corrected chi connectivity index (χ2v) is 6.59. The van der Waals surface area contributed by atoms with Crippen molar-refractivity contribution in [1.82, 2.24) is 4.98 Å². The monoisotopic (exact) mass is 277 g/mol. The normalized spacial score (nSPS) is 23.3. The molecule has 0 radical (unpaired) electrons. The van der Waals surface area contributed by atoms with Crippen LogP contribution in [0.5, 0.6) is 5.75 Å². The van der Waals surface area contributed by atoms with Crippen LogP contribution in [0.2, 0.25) is 0 Å². The van der Waals surface area contributed by atoms with Crippen molar-refractivity contribution in [2.75, 3.05) is 6.61 Å². The van der Waals surface area contributed by atoms with Gasteiger partial charge in [0.15, 0.2) is 0 Å². The summed E-state index contributed by atoms with van der Waals surface area (Å²) < 4.78 is 5.61. The van der Waals surface area contributed by atoms with Gasteiger partial charge in [-0.2, -0.15) is 0 Å². The lowest BCUT2D eigenvalue weighted by Gasteiger charge is -2.41. The molecule has 2 rings (SSSR count). The first-order chi connectivity index (χ1) is 9.54. The maximum atomic E-state index is 10.7. The minimum atomic E-state index is -0.442. The van der Waals surface area contributed by atoms with Crippen molar-refractivity contribution >= 4 is 0 Å². The molecule has 1 aromatic rings. The standard InChI is InChI=1S/C17H27NO2/c1-4-9-20-14-10-13(11-18-12-14)16(19)15-7-5-6-8-17(15,2)3/h10-12,15-16,19H,4-9H2,1-3H3. The first-order valence-electron chi connectivity index (χ1n) is 7.80. The number of aliphatic hydroxyl groups excluding tert-OH is 1. The maximum Gasteiger partial charge on any atom is 0.137 e. The Balaban J connectivity index is 2.13. The summed E-state index contributed by atoms with van der Waals surface area (Å²) in [5.41, 5.74) is 1.08. The molecule has 2 unspecified atom stereocenters. The molecule has 1 aromatic heterocycles. The molecule has 3 nitrogen and oxygen atoms in total. The summed E-state index contributed by atoms with van der Waals surface area (Å²) in [5, 5.41) is 10.7. The van der Waals surface area contributed by atoms with Gasteiger partial charge >= 0.3 is 0 Å². The molecule has 1 heterocycles. The van der Waals surface area contributed by atoms with Gasteiger partial charge in [0.2, 0.25) is 0 Å². The summed E-state index contributed by atoms with van der Waals surface area (Å²) in [6, 6.07) is 1.94. The van der Waals surface area contributed by atoms with Crippen molar-refractivity contribution < 1.29 is 9.84 Å². The molecule has 1 N–H and O–H groups in total. The van der Waals surface area contributed by atoms with Crippen molar-refractivity contribution in [1.29, 1.82) is 0 Å². The third-order valence-corrected chi connectivity index (χ3v) is 4.52. The minimum absolute atomic E-state index is 0.192. The second kappa shape index (κ2) is 6.57. The zero-order valence-corrected chi connectivity index (χ0v) is 12.9. The number of aromatic nitrogens is 1. The van der Waals surface area contributed by atoms with Crippen LogP contribution in [0.25, 0.3) is 0 Å².